The molecule has 0 radical (unpaired) electrons. The van der Waals surface area contributed by atoms with Crippen LogP contribution in [0, 0.1) is 0 Å². The summed E-state index contributed by atoms with van der Waals surface area (Å²) in [6.07, 6.45) is 2.11. The minimum atomic E-state index is -0.347. The molecule has 20 heavy (non-hydrogen) atoms. The van der Waals surface area contributed by atoms with Crippen molar-refractivity contribution < 1.29 is 4.79 Å². The van der Waals surface area contributed by atoms with Gasteiger partial charge in [0.15, 0.2) is 0 Å². The molecule has 0 unspecified atom stereocenters. The molecular weight excluding hydrogens is 266 g/mol. The Labute approximate surface area is 127 Å². The molecular formula is C17H27NOS. The number of amides is 1. The second-order valence-electron chi connectivity index (χ2n) is 6.61. The summed E-state index contributed by atoms with van der Waals surface area (Å²) < 4.78 is 0. The number of primary amides is 1. The molecule has 3 heteroatoms. The molecule has 2 N–H and O–H groups in total. The molecule has 1 amide bonds. The molecule has 0 saturated heterocycles. The topological polar surface area (TPSA) is 43.1 Å². The molecule has 0 aliphatic rings. The minimum Gasteiger partial charge on any atom is -0.360 e. The second kappa shape index (κ2) is 6.21. The third-order valence-electron chi connectivity index (χ3n) is 4.47. The van der Waals surface area contributed by atoms with Gasteiger partial charge in [0.1, 0.15) is 0 Å². The molecule has 1 rings (SSSR count). The summed E-state index contributed by atoms with van der Waals surface area (Å²) >= 11 is 1.13. The maximum Gasteiger partial charge on any atom is 0.281 e. The van der Waals surface area contributed by atoms with Crippen molar-refractivity contribution >= 4 is 17.0 Å². The van der Waals surface area contributed by atoms with Gasteiger partial charge in [-0.25, -0.2) is 0 Å². The van der Waals surface area contributed by atoms with Crippen LogP contribution in [0.25, 0.3) is 0 Å². The van der Waals surface area contributed by atoms with Gasteiger partial charge >= 0.3 is 0 Å². The molecule has 1 aromatic carbocycles. The summed E-state index contributed by atoms with van der Waals surface area (Å²) in [5, 5.41) is -0.347. The predicted octanol–water partition coefficient (Wildman–Crippen LogP) is 5.23. The van der Waals surface area contributed by atoms with Crippen LogP contribution in [0.5, 0.6) is 0 Å². The average molecular weight is 293 g/mol. The molecule has 0 fully saturated rings. The van der Waals surface area contributed by atoms with Gasteiger partial charge in [0.05, 0.1) is 0 Å². The molecule has 112 valence electrons. The van der Waals surface area contributed by atoms with Gasteiger partial charge in [0.2, 0.25) is 0 Å². The SMILES string of the molecule is CCC(C)(C)c1ccc(SC(N)=O)c(C(C)(C)CC)c1. The van der Waals surface area contributed by atoms with Gasteiger partial charge in [-0.2, -0.15) is 0 Å². The van der Waals surface area contributed by atoms with Crippen LogP contribution in [-0.4, -0.2) is 5.24 Å². The molecule has 1 aromatic rings. The van der Waals surface area contributed by atoms with Crippen molar-refractivity contribution in [3.63, 3.8) is 0 Å². The summed E-state index contributed by atoms with van der Waals surface area (Å²) in [4.78, 5) is 12.2. The lowest BCUT2D eigenvalue weighted by Gasteiger charge is -2.30. The number of carbonyl (C=O) groups excluding carboxylic acids is 1. The average Bonchev–Trinajstić information content (AvgIpc) is 2.38. The highest BCUT2D eigenvalue weighted by atomic mass is 32.2. The molecule has 0 bridgehead atoms. The predicted molar refractivity (Wildman–Crippen MR) is 88.5 cm³/mol. The van der Waals surface area contributed by atoms with Crippen LogP contribution in [0.2, 0.25) is 0 Å². The van der Waals surface area contributed by atoms with E-state index in [4.69, 9.17) is 5.73 Å². The highest BCUT2D eigenvalue weighted by Gasteiger charge is 2.26. The van der Waals surface area contributed by atoms with Crippen LogP contribution in [0.1, 0.15) is 65.5 Å². The first kappa shape index (κ1) is 17.1. The van der Waals surface area contributed by atoms with Crippen molar-refractivity contribution in [2.75, 3.05) is 0 Å². The lowest BCUT2D eigenvalue weighted by Crippen LogP contribution is -2.21. The zero-order chi connectivity index (χ0) is 15.6. The van der Waals surface area contributed by atoms with Crippen molar-refractivity contribution in [1.29, 1.82) is 0 Å². The molecule has 2 nitrogen and oxygen atoms in total. The Balaban J connectivity index is 3.40. The Morgan fingerprint density at radius 1 is 1.10 bits per heavy atom. The first-order valence-corrected chi connectivity index (χ1v) is 8.08. The van der Waals surface area contributed by atoms with E-state index in [0.29, 0.717) is 0 Å². The Morgan fingerprint density at radius 2 is 1.65 bits per heavy atom. The van der Waals surface area contributed by atoms with Gasteiger partial charge in [-0.05, 0) is 52.6 Å². The fourth-order valence-corrected chi connectivity index (χ4v) is 2.87. The van der Waals surface area contributed by atoms with Gasteiger partial charge in [0.25, 0.3) is 5.24 Å². The number of nitrogens with two attached hydrogens (primary N) is 1. The molecule has 0 atom stereocenters. The van der Waals surface area contributed by atoms with Gasteiger partial charge < -0.3 is 5.73 Å². The van der Waals surface area contributed by atoms with Gasteiger partial charge in [-0.1, -0.05) is 53.7 Å². The molecule has 0 aliphatic heterocycles. The number of hydrogen-bond donors (Lipinski definition) is 1. The van der Waals surface area contributed by atoms with Gasteiger partial charge in [-0.3, -0.25) is 4.79 Å². The zero-order valence-corrected chi connectivity index (χ0v) is 14.4. The number of benzene rings is 1. The van der Waals surface area contributed by atoms with Gasteiger partial charge in [-0.15, -0.1) is 0 Å². The number of rotatable bonds is 5. The Kier molecular flexibility index (Phi) is 5.31. The Hall–Kier alpha value is -0.960. The van der Waals surface area contributed by atoms with Crippen LogP contribution in [-0.2, 0) is 10.8 Å². The van der Waals surface area contributed by atoms with E-state index in [1.807, 2.05) is 0 Å². The number of carbonyl (C=O) groups is 1. The quantitative estimate of drug-likeness (QED) is 0.755. The second-order valence-corrected chi connectivity index (χ2v) is 7.65. The van der Waals surface area contributed by atoms with E-state index in [1.54, 1.807) is 0 Å². The van der Waals surface area contributed by atoms with Crippen LogP contribution in [0.3, 0.4) is 0 Å². The lowest BCUT2D eigenvalue weighted by molar-refractivity contribution is 0.267. The van der Waals surface area contributed by atoms with E-state index in [2.05, 4.69) is 59.7 Å². The van der Waals surface area contributed by atoms with E-state index < -0.39 is 0 Å². The Morgan fingerprint density at radius 3 is 2.10 bits per heavy atom. The fraction of sp³-hybridized carbons (Fsp3) is 0.588. The number of hydrogen-bond acceptors (Lipinski definition) is 2. The first-order valence-electron chi connectivity index (χ1n) is 7.26. The van der Waals surface area contributed by atoms with Crippen LogP contribution in [0.15, 0.2) is 23.1 Å². The first-order chi connectivity index (χ1) is 9.14. The highest BCUT2D eigenvalue weighted by Crippen LogP contribution is 2.38. The minimum absolute atomic E-state index is 0.0393. The maximum atomic E-state index is 11.3. The highest BCUT2D eigenvalue weighted by molar-refractivity contribution is 8.13. The van der Waals surface area contributed by atoms with E-state index in [9.17, 15) is 4.79 Å². The lowest BCUT2D eigenvalue weighted by atomic mass is 9.77. The summed E-state index contributed by atoms with van der Waals surface area (Å²) in [6, 6.07) is 6.44. The molecule has 0 heterocycles. The van der Waals surface area contributed by atoms with E-state index in [0.717, 1.165) is 29.5 Å². The standard InChI is InChI=1S/C17H27NOS/c1-7-16(3,4)12-9-10-14(20-15(18)19)13(11-12)17(5,6)8-2/h9-11H,7-8H2,1-6H3,(H2,18,19). The largest absolute Gasteiger partial charge is 0.360 e. The molecule has 0 aromatic heterocycles. The summed E-state index contributed by atoms with van der Waals surface area (Å²) in [7, 11) is 0. The van der Waals surface area contributed by atoms with Crippen LogP contribution >= 0.6 is 11.8 Å². The van der Waals surface area contributed by atoms with Crippen molar-refractivity contribution in [1.82, 2.24) is 0 Å². The third-order valence-corrected chi connectivity index (χ3v) is 5.25. The summed E-state index contributed by atoms with van der Waals surface area (Å²) in [5.74, 6) is 0. The fourth-order valence-electron chi connectivity index (χ4n) is 2.07. The smallest absolute Gasteiger partial charge is 0.281 e. The van der Waals surface area contributed by atoms with Crippen LogP contribution in [0.4, 0.5) is 4.79 Å². The summed E-state index contributed by atoms with van der Waals surface area (Å²) in [6.45, 7) is 13.3. The van der Waals surface area contributed by atoms with Crippen molar-refractivity contribution in [3.8, 4) is 0 Å². The van der Waals surface area contributed by atoms with E-state index >= 15 is 0 Å². The maximum absolute atomic E-state index is 11.3. The van der Waals surface area contributed by atoms with E-state index in [1.165, 1.54) is 11.1 Å². The van der Waals surface area contributed by atoms with Crippen molar-refractivity contribution in [3.05, 3.63) is 29.3 Å². The van der Waals surface area contributed by atoms with Crippen LogP contribution < -0.4 is 5.73 Å². The molecule has 0 saturated carbocycles. The molecule has 0 spiro atoms. The van der Waals surface area contributed by atoms with Crippen molar-refractivity contribution in [2.45, 2.75) is 70.1 Å². The number of thioether (sulfide) groups is 1. The zero-order valence-electron chi connectivity index (χ0n) is 13.5. The summed E-state index contributed by atoms with van der Waals surface area (Å²) in [5.41, 5.74) is 8.09. The van der Waals surface area contributed by atoms with E-state index in [-0.39, 0.29) is 16.1 Å². The normalized spacial score (nSPS) is 12.5. The van der Waals surface area contributed by atoms with Gasteiger partial charge in [0, 0.05) is 4.90 Å². The monoisotopic (exact) mass is 293 g/mol. The Bertz CT molecular complexity index is 492. The van der Waals surface area contributed by atoms with Crippen molar-refractivity contribution in [2.24, 2.45) is 5.73 Å². The molecule has 0 aliphatic carbocycles. The third kappa shape index (κ3) is 3.78.